The number of alkyl halides is 1. The number of nitrogens with zero attached hydrogens (tertiary/aromatic N) is 3. The van der Waals surface area contributed by atoms with Crippen molar-refractivity contribution in [2.45, 2.75) is 19.3 Å². The van der Waals surface area contributed by atoms with Gasteiger partial charge in [-0.2, -0.15) is 0 Å². The summed E-state index contributed by atoms with van der Waals surface area (Å²) in [6.07, 6.45) is 1.80. The first-order valence-corrected chi connectivity index (χ1v) is 7.13. The van der Waals surface area contributed by atoms with Crippen molar-refractivity contribution in [2.24, 2.45) is 0 Å². The summed E-state index contributed by atoms with van der Waals surface area (Å²) < 4.78 is 1.93. The van der Waals surface area contributed by atoms with E-state index in [9.17, 15) is 4.79 Å². The lowest BCUT2D eigenvalue weighted by Gasteiger charge is -2.04. The third-order valence-electron chi connectivity index (χ3n) is 2.82. The molecule has 0 saturated carbocycles. The number of pyridine rings is 1. The summed E-state index contributed by atoms with van der Waals surface area (Å²) in [5.74, 6) is 1.06. The van der Waals surface area contributed by atoms with Crippen LogP contribution in [0.2, 0.25) is 0 Å². The Labute approximate surface area is 117 Å². The molecule has 0 bridgehead atoms. The Kier molecular flexibility index (Phi) is 3.12. The minimum atomic E-state index is -0.0596. The molecule has 0 unspecified atom stereocenters. The van der Waals surface area contributed by atoms with E-state index in [4.69, 9.17) is 11.6 Å². The highest BCUT2D eigenvalue weighted by Crippen LogP contribution is 2.18. The van der Waals surface area contributed by atoms with E-state index in [0.29, 0.717) is 12.4 Å². The lowest BCUT2D eigenvalue weighted by molar-refractivity contribution is 0.753. The monoisotopic (exact) mass is 294 g/mol. The van der Waals surface area contributed by atoms with E-state index < -0.39 is 0 Å². The van der Waals surface area contributed by atoms with Crippen molar-refractivity contribution >= 4 is 34.1 Å². The van der Waals surface area contributed by atoms with Crippen LogP contribution >= 0.6 is 22.9 Å². The predicted molar refractivity (Wildman–Crippen MR) is 75.9 cm³/mol. The predicted octanol–water partition coefficient (Wildman–Crippen LogP) is 2.28. The molecule has 0 saturated heterocycles. The molecule has 5 nitrogen and oxygen atoms in total. The summed E-state index contributed by atoms with van der Waals surface area (Å²) in [4.78, 5) is 22.8. The fourth-order valence-corrected chi connectivity index (χ4v) is 2.77. The van der Waals surface area contributed by atoms with Crippen molar-refractivity contribution in [3.63, 3.8) is 0 Å². The first-order valence-electron chi connectivity index (χ1n) is 5.72. The lowest BCUT2D eigenvalue weighted by Crippen LogP contribution is -2.06. The molecule has 0 aromatic carbocycles. The third kappa shape index (κ3) is 2.29. The van der Waals surface area contributed by atoms with Gasteiger partial charge in [0.2, 0.25) is 0 Å². The minimum absolute atomic E-state index is 0.0596. The zero-order chi connectivity index (χ0) is 13.4. The van der Waals surface area contributed by atoms with Crippen molar-refractivity contribution in [2.75, 3.05) is 0 Å². The van der Waals surface area contributed by atoms with Gasteiger partial charge in [0.25, 0.3) is 0 Å². The average Bonchev–Trinajstić information content (AvgIpc) is 2.94. The normalized spacial score (nSPS) is 11.3. The summed E-state index contributed by atoms with van der Waals surface area (Å²) in [5.41, 5.74) is 3.51. The highest BCUT2D eigenvalue weighted by Gasteiger charge is 2.12. The summed E-state index contributed by atoms with van der Waals surface area (Å²) in [7, 11) is 0. The van der Waals surface area contributed by atoms with Gasteiger partial charge in [-0.25, -0.2) is 9.97 Å². The van der Waals surface area contributed by atoms with Crippen LogP contribution in [0.5, 0.6) is 0 Å². The average molecular weight is 295 g/mol. The van der Waals surface area contributed by atoms with Gasteiger partial charge in [-0.3, -0.25) is 4.79 Å². The van der Waals surface area contributed by atoms with E-state index >= 15 is 0 Å². The Hall–Kier alpha value is -1.66. The van der Waals surface area contributed by atoms with Gasteiger partial charge in [-0.05, 0) is 18.6 Å². The van der Waals surface area contributed by atoms with Crippen LogP contribution in [-0.4, -0.2) is 19.5 Å². The van der Waals surface area contributed by atoms with Gasteiger partial charge in [0.1, 0.15) is 11.3 Å². The Bertz CT molecular complexity index is 788. The molecule has 0 amide bonds. The van der Waals surface area contributed by atoms with E-state index in [0.717, 1.165) is 39.6 Å². The van der Waals surface area contributed by atoms with Crippen LogP contribution in [0.4, 0.5) is 0 Å². The zero-order valence-electron chi connectivity index (χ0n) is 10.2. The fraction of sp³-hybridized carbons (Fsp3) is 0.250. The molecule has 0 aliphatic rings. The molecule has 0 atom stereocenters. The van der Waals surface area contributed by atoms with Crippen molar-refractivity contribution in [1.29, 1.82) is 0 Å². The number of fused-ring (bicyclic) bond motifs is 1. The summed E-state index contributed by atoms with van der Waals surface area (Å²) in [6.45, 7) is 2.50. The molecule has 3 heterocycles. The molecule has 98 valence electrons. The zero-order valence-corrected chi connectivity index (χ0v) is 11.8. The van der Waals surface area contributed by atoms with E-state index in [1.165, 1.54) is 0 Å². The Morgan fingerprint density at radius 1 is 1.53 bits per heavy atom. The molecular weight excluding hydrogens is 284 g/mol. The smallest absolute Gasteiger partial charge is 0.304 e. The summed E-state index contributed by atoms with van der Waals surface area (Å²) >= 11 is 7.08. The SMILES string of the molecule is Cc1cnc2c(c1)nc(CCl)n2Cc1csc(=O)[nH]1. The molecular formula is C12H11ClN4OS. The minimum Gasteiger partial charge on any atom is -0.315 e. The van der Waals surface area contributed by atoms with Crippen LogP contribution in [0.25, 0.3) is 11.2 Å². The van der Waals surface area contributed by atoms with Gasteiger partial charge in [-0.15, -0.1) is 11.6 Å². The number of H-pyrrole nitrogens is 1. The number of aryl methyl sites for hydroxylation is 1. The molecule has 0 radical (unpaired) electrons. The van der Waals surface area contributed by atoms with Crippen LogP contribution < -0.4 is 4.87 Å². The van der Waals surface area contributed by atoms with Crippen LogP contribution in [0.15, 0.2) is 22.4 Å². The van der Waals surface area contributed by atoms with Crippen molar-refractivity contribution < 1.29 is 0 Å². The first-order chi connectivity index (χ1) is 9.17. The molecule has 0 spiro atoms. The highest BCUT2D eigenvalue weighted by atomic mass is 35.5. The summed E-state index contributed by atoms with van der Waals surface area (Å²) in [6, 6.07) is 1.98. The number of rotatable bonds is 3. The number of aromatic amines is 1. The summed E-state index contributed by atoms with van der Waals surface area (Å²) in [5, 5.41) is 1.81. The number of imidazole rings is 1. The van der Waals surface area contributed by atoms with Crippen LogP contribution in [-0.2, 0) is 12.4 Å². The molecule has 7 heteroatoms. The first kappa shape index (κ1) is 12.4. The Morgan fingerprint density at radius 2 is 2.37 bits per heavy atom. The fourth-order valence-electron chi connectivity index (χ4n) is 1.99. The second-order valence-electron chi connectivity index (χ2n) is 4.28. The van der Waals surface area contributed by atoms with Gasteiger partial charge in [0, 0.05) is 17.3 Å². The topological polar surface area (TPSA) is 63.6 Å². The molecule has 0 aliphatic carbocycles. The number of hydrogen-bond acceptors (Lipinski definition) is 4. The molecule has 1 N–H and O–H groups in total. The second kappa shape index (κ2) is 4.79. The molecule has 3 aromatic heterocycles. The number of nitrogens with one attached hydrogen (secondary N) is 1. The number of thiazole rings is 1. The molecule has 0 aliphatic heterocycles. The second-order valence-corrected chi connectivity index (χ2v) is 5.39. The van der Waals surface area contributed by atoms with E-state index in [-0.39, 0.29) is 4.87 Å². The third-order valence-corrected chi connectivity index (χ3v) is 3.78. The van der Waals surface area contributed by atoms with Gasteiger partial charge < -0.3 is 9.55 Å². The molecule has 0 fully saturated rings. The molecule has 3 rings (SSSR count). The maximum Gasteiger partial charge on any atom is 0.304 e. The lowest BCUT2D eigenvalue weighted by atomic mass is 10.3. The largest absolute Gasteiger partial charge is 0.315 e. The van der Waals surface area contributed by atoms with Gasteiger partial charge >= 0.3 is 4.87 Å². The molecule has 19 heavy (non-hydrogen) atoms. The Morgan fingerprint density at radius 3 is 3.05 bits per heavy atom. The van der Waals surface area contributed by atoms with E-state index in [1.807, 2.05) is 17.6 Å². The quantitative estimate of drug-likeness (QED) is 0.754. The van der Waals surface area contributed by atoms with Crippen molar-refractivity contribution in [1.82, 2.24) is 19.5 Å². The highest BCUT2D eigenvalue weighted by molar-refractivity contribution is 7.07. The number of hydrogen-bond donors (Lipinski definition) is 1. The van der Waals surface area contributed by atoms with Crippen molar-refractivity contribution in [3.05, 3.63) is 44.4 Å². The number of halogens is 1. The van der Waals surface area contributed by atoms with Crippen LogP contribution in [0.3, 0.4) is 0 Å². The number of aromatic nitrogens is 4. The van der Waals surface area contributed by atoms with Gasteiger partial charge in [-0.1, -0.05) is 11.3 Å². The van der Waals surface area contributed by atoms with E-state index in [2.05, 4.69) is 15.0 Å². The van der Waals surface area contributed by atoms with Gasteiger partial charge in [0.15, 0.2) is 5.65 Å². The molecule has 3 aromatic rings. The van der Waals surface area contributed by atoms with Gasteiger partial charge in [0.05, 0.1) is 12.4 Å². The standard InChI is InChI=1S/C12H11ClN4OS/c1-7-2-9-11(14-4-7)17(10(3-13)16-9)5-8-6-19-12(18)15-8/h2,4,6H,3,5H2,1H3,(H,15,18). The maximum atomic E-state index is 11.2. The maximum absolute atomic E-state index is 11.2. The van der Waals surface area contributed by atoms with E-state index in [1.54, 1.807) is 11.6 Å². The Balaban J connectivity index is 2.12. The van der Waals surface area contributed by atoms with Crippen LogP contribution in [0, 0.1) is 6.92 Å². The van der Waals surface area contributed by atoms with Crippen LogP contribution in [0.1, 0.15) is 17.1 Å². The van der Waals surface area contributed by atoms with Crippen molar-refractivity contribution in [3.8, 4) is 0 Å².